The Morgan fingerprint density at radius 1 is 1.47 bits per heavy atom. The second kappa shape index (κ2) is 4.44. The first kappa shape index (κ1) is 15.3. The maximum atomic E-state index is 12.4. The van der Waals surface area contributed by atoms with Crippen molar-refractivity contribution in [1.29, 1.82) is 0 Å². The molecule has 1 aromatic rings. The molecule has 4 nitrogen and oxygen atoms in total. The van der Waals surface area contributed by atoms with Gasteiger partial charge in [-0.2, -0.15) is 0 Å². The van der Waals surface area contributed by atoms with Gasteiger partial charge in [-0.1, -0.05) is 11.6 Å². The van der Waals surface area contributed by atoms with Crippen molar-refractivity contribution in [2.75, 3.05) is 5.75 Å². The molecule has 106 valence electrons. The van der Waals surface area contributed by atoms with Gasteiger partial charge in [-0.15, -0.1) is 11.3 Å². The van der Waals surface area contributed by atoms with E-state index in [-0.39, 0.29) is 11.6 Å². The Bertz CT molecular complexity index is 666. The number of aliphatic imine (C=N–C) groups is 1. The van der Waals surface area contributed by atoms with Crippen LogP contribution in [0.3, 0.4) is 0 Å². The van der Waals surface area contributed by atoms with Crippen molar-refractivity contribution in [1.82, 2.24) is 0 Å². The lowest BCUT2D eigenvalue weighted by Gasteiger charge is -2.37. The summed E-state index contributed by atoms with van der Waals surface area (Å²) in [5.74, 6) is 0.0299. The molecule has 0 bridgehead atoms. The number of nitrogens with two attached hydrogens (primary N) is 1. The number of sulfone groups is 1. The molecule has 0 amide bonds. The fourth-order valence-corrected chi connectivity index (χ4v) is 5.94. The van der Waals surface area contributed by atoms with E-state index in [1.165, 1.54) is 11.3 Å². The first-order chi connectivity index (χ1) is 8.49. The summed E-state index contributed by atoms with van der Waals surface area (Å²) < 4.78 is 24.5. The standard InChI is InChI=1S/C11H14BrClN2O2S2/c1-10(2)9(14)15-11(3,5-19(10,16)17)8-6(13)4-7(12)18-8/h4H,5H2,1-3H3,(H2,14,15). The molecule has 1 aliphatic rings. The second-order valence-electron chi connectivity index (χ2n) is 5.27. The summed E-state index contributed by atoms with van der Waals surface area (Å²) in [7, 11) is -3.40. The van der Waals surface area contributed by atoms with Crippen LogP contribution in [-0.4, -0.2) is 24.8 Å². The lowest BCUT2D eigenvalue weighted by atomic mass is 10.0. The molecule has 1 aromatic heterocycles. The molecule has 1 aliphatic heterocycles. The first-order valence-corrected chi connectivity index (χ1v) is 9.17. The van der Waals surface area contributed by atoms with Gasteiger partial charge in [0.15, 0.2) is 9.84 Å². The lowest BCUT2D eigenvalue weighted by Crippen LogP contribution is -2.54. The molecule has 0 saturated heterocycles. The molecular formula is C11H14BrClN2O2S2. The Hall–Kier alpha value is -0.110. The summed E-state index contributed by atoms with van der Waals surface area (Å²) >= 11 is 10.9. The third-order valence-corrected chi connectivity index (χ3v) is 8.39. The molecule has 19 heavy (non-hydrogen) atoms. The fourth-order valence-electron chi connectivity index (χ4n) is 1.97. The zero-order chi connectivity index (χ0) is 14.6. The number of hydrogen-bond donors (Lipinski definition) is 1. The summed E-state index contributed by atoms with van der Waals surface area (Å²) in [6.07, 6.45) is 0. The van der Waals surface area contributed by atoms with Gasteiger partial charge in [0.25, 0.3) is 0 Å². The number of thiophene rings is 1. The minimum atomic E-state index is -3.40. The molecule has 1 atom stereocenters. The largest absolute Gasteiger partial charge is 0.386 e. The molecule has 2 rings (SSSR count). The van der Waals surface area contributed by atoms with Crippen LogP contribution in [0.5, 0.6) is 0 Å². The first-order valence-electron chi connectivity index (χ1n) is 5.53. The molecule has 0 radical (unpaired) electrons. The van der Waals surface area contributed by atoms with Gasteiger partial charge < -0.3 is 5.73 Å². The van der Waals surface area contributed by atoms with E-state index < -0.39 is 20.1 Å². The molecule has 0 fully saturated rings. The van der Waals surface area contributed by atoms with E-state index in [0.29, 0.717) is 9.90 Å². The van der Waals surface area contributed by atoms with Crippen LogP contribution in [0.4, 0.5) is 0 Å². The summed E-state index contributed by atoms with van der Waals surface area (Å²) in [5.41, 5.74) is 4.95. The van der Waals surface area contributed by atoms with Gasteiger partial charge in [-0.3, -0.25) is 4.99 Å². The third-order valence-electron chi connectivity index (χ3n) is 3.38. The van der Waals surface area contributed by atoms with E-state index in [4.69, 9.17) is 17.3 Å². The van der Waals surface area contributed by atoms with Crippen LogP contribution >= 0.6 is 38.9 Å². The van der Waals surface area contributed by atoms with Gasteiger partial charge in [-0.25, -0.2) is 8.42 Å². The lowest BCUT2D eigenvalue weighted by molar-refractivity contribution is 0.507. The average molecular weight is 386 g/mol. The van der Waals surface area contributed by atoms with Crippen LogP contribution in [0.15, 0.2) is 14.8 Å². The molecule has 0 aliphatic carbocycles. The van der Waals surface area contributed by atoms with E-state index in [2.05, 4.69) is 20.9 Å². The van der Waals surface area contributed by atoms with E-state index in [1.54, 1.807) is 26.8 Å². The highest BCUT2D eigenvalue weighted by Crippen LogP contribution is 2.44. The highest BCUT2D eigenvalue weighted by Gasteiger charge is 2.49. The van der Waals surface area contributed by atoms with E-state index in [0.717, 1.165) is 3.79 Å². The summed E-state index contributed by atoms with van der Waals surface area (Å²) in [5, 5.41) is 0.505. The Kier molecular flexibility index (Phi) is 3.57. The minimum absolute atomic E-state index is 0.0969. The maximum Gasteiger partial charge on any atom is 0.165 e. The van der Waals surface area contributed by atoms with Crippen LogP contribution in [-0.2, 0) is 15.4 Å². The van der Waals surface area contributed by atoms with Crippen molar-refractivity contribution in [2.45, 2.75) is 31.1 Å². The van der Waals surface area contributed by atoms with Gasteiger partial charge in [-0.05, 0) is 42.8 Å². The predicted molar refractivity (Wildman–Crippen MR) is 83.9 cm³/mol. The molecule has 2 heterocycles. The van der Waals surface area contributed by atoms with Gasteiger partial charge in [0.2, 0.25) is 0 Å². The van der Waals surface area contributed by atoms with Gasteiger partial charge in [0, 0.05) is 0 Å². The minimum Gasteiger partial charge on any atom is -0.386 e. The molecule has 1 unspecified atom stereocenters. The van der Waals surface area contributed by atoms with Crippen molar-refractivity contribution in [3.05, 3.63) is 19.8 Å². The Balaban J connectivity index is 2.65. The molecule has 0 saturated carbocycles. The molecule has 0 spiro atoms. The number of nitrogens with zero attached hydrogens (tertiary/aromatic N) is 1. The third kappa shape index (κ3) is 2.34. The number of halogens is 2. The molecule has 2 N–H and O–H groups in total. The SMILES string of the molecule is CC1(c2sc(Br)cc2Cl)CS(=O)(=O)C(C)(C)C(N)=N1. The normalized spacial score (nSPS) is 29.0. The van der Waals surface area contributed by atoms with Crippen LogP contribution in [0.2, 0.25) is 5.02 Å². The van der Waals surface area contributed by atoms with Gasteiger partial charge in [0.1, 0.15) is 16.1 Å². The van der Waals surface area contributed by atoms with Crippen molar-refractivity contribution in [3.63, 3.8) is 0 Å². The number of hydrogen-bond acceptors (Lipinski definition) is 5. The summed E-state index contributed by atoms with van der Waals surface area (Å²) in [6.45, 7) is 4.90. The maximum absolute atomic E-state index is 12.4. The Labute approximate surface area is 130 Å². The van der Waals surface area contributed by atoms with E-state index in [9.17, 15) is 8.42 Å². The van der Waals surface area contributed by atoms with Crippen molar-refractivity contribution >= 4 is 54.5 Å². The van der Waals surface area contributed by atoms with Gasteiger partial charge in [0.05, 0.1) is 19.4 Å². The van der Waals surface area contributed by atoms with Crippen molar-refractivity contribution in [3.8, 4) is 0 Å². The number of rotatable bonds is 1. The topological polar surface area (TPSA) is 72.5 Å². The smallest absolute Gasteiger partial charge is 0.165 e. The highest BCUT2D eigenvalue weighted by molar-refractivity contribution is 9.11. The van der Waals surface area contributed by atoms with Gasteiger partial charge >= 0.3 is 0 Å². The predicted octanol–water partition coefficient (Wildman–Crippen LogP) is 2.94. The molecular weight excluding hydrogens is 372 g/mol. The average Bonchev–Trinajstić information content (AvgIpc) is 2.55. The molecule has 0 aromatic carbocycles. The fraction of sp³-hybridized carbons (Fsp3) is 0.545. The Morgan fingerprint density at radius 2 is 2.05 bits per heavy atom. The highest BCUT2D eigenvalue weighted by atomic mass is 79.9. The number of amidine groups is 1. The van der Waals surface area contributed by atoms with Crippen molar-refractivity contribution < 1.29 is 8.42 Å². The summed E-state index contributed by atoms with van der Waals surface area (Å²) in [4.78, 5) is 5.14. The van der Waals surface area contributed by atoms with Crippen LogP contribution in [0.25, 0.3) is 0 Å². The monoisotopic (exact) mass is 384 g/mol. The quantitative estimate of drug-likeness (QED) is 0.808. The Morgan fingerprint density at radius 3 is 2.47 bits per heavy atom. The molecule has 8 heteroatoms. The van der Waals surface area contributed by atoms with Crippen LogP contribution < -0.4 is 5.73 Å². The van der Waals surface area contributed by atoms with E-state index in [1.807, 2.05) is 0 Å². The van der Waals surface area contributed by atoms with Crippen LogP contribution in [0, 0.1) is 0 Å². The zero-order valence-corrected chi connectivity index (χ0v) is 14.7. The van der Waals surface area contributed by atoms with Crippen molar-refractivity contribution in [2.24, 2.45) is 10.7 Å². The van der Waals surface area contributed by atoms with Crippen LogP contribution in [0.1, 0.15) is 25.6 Å². The zero-order valence-electron chi connectivity index (χ0n) is 10.7. The summed E-state index contributed by atoms with van der Waals surface area (Å²) in [6, 6.07) is 1.74. The second-order valence-corrected chi connectivity index (χ2v) is 10.6. The van der Waals surface area contributed by atoms with E-state index >= 15 is 0 Å².